The van der Waals surface area contributed by atoms with Gasteiger partial charge >= 0.3 is 0 Å². The zero-order valence-electron chi connectivity index (χ0n) is 26.4. The lowest BCUT2D eigenvalue weighted by molar-refractivity contribution is -0.117. The first-order valence-electron chi connectivity index (χ1n) is 15.7. The van der Waals surface area contributed by atoms with E-state index < -0.39 is 0 Å². The summed E-state index contributed by atoms with van der Waals surface area (Å²) >= 11 is 0. The van der Waals surface area contributed by atoms with Crippen LogP contribution >= 0.6 is 0 Å². The Morgan fingerprint density at radius 2 is 1.51 bits per heavy atom. The number of benzene rings is 3. The Kier molecular flexibility index (Phi) is 10.1. The lowest BCUT2D eigenvalue weighted by Gasteiger charge is -2.43. The highest BCUT2D eigenvalue weighted by Crippen LogP contribution is 2.42. The molecule has 234 valence electrons. The summed E-state index contributed by atoms with van der Waals surface area (Å²) in [6.45, 7) is 8.73. The van der Waals surface area contributed by atoms with Gasteiger partial charge in [0.1, 0.15) is 0 Å². The number of carbonyl (C=O) groups excluding carboxylic acids is 3. The summed E-state index contributed by atoms with van der Waals surface area (Å²) in [5.74, 6) is -0.507. The molecule has 1 atom stereocenters. The molecular weight excluding hydrogens is 562 g/mol. The molecule has 0 aromatic heterocycles. The topological polar surface area (TPSA) is 93.8 Å². The molecule has 2 heterocycles. The zero-order valence-corrected chi connectivity index (χ0v) is 26.4. The normalized spacial score (nSPS) is 18.2. The van der Waals surface area contributed by atoms with E-state index in [0.29, 0.717) is 24.3 Å². The third kappa shape index (κ3) is 7.02. The van der Waals surface area contributed by atoms with Gasteiger partial charge in [0.25, 0.3) is 0 Å². The van der Waals surface area contributed by atoms with Crippen LogP contribution in [0.1, 0.15) is 62.6 Å². The molecule has 3 aromatic rings. The van der Waals surface area contributed by atoms with Gasteiger partial charge < -0.3 is 25.8 Å². The van der Waals surface area contributed by atoms with Crippen LogP contribution in [0.25, 0.3) is 0 Å². The highest BCUT2D eigenvalue weighted by molar-refractivity contribution is 5.88. The number of nitrogens with one attached hydrogen (secondary N) is 3. The quantitative estimate of drug-likeness (QED) is 0.238. The van der Waals surface area contributed by atoms with Crippen molar-refractivity contribution >= 4 is 24.4 Å². The smallest absolute Gasteiger partial charge is 0.221 e. The third-order valence-corrected chi connectivity index (χ3v) is 9.18. The van der Waals surface area contributed by atoms with Gasteiger partial charge in [0.05, 0.1) is 17.3 Å². The van der Waals surface area contributed by atoms with Gasteiger partial charge in [-0.05, 0) is 81.6 Å². The number of anilines is 1. The van der Waals surface area contributed by atoms with Crippen molar-refractivity contribution in [2.75, 3.05) is 31.5 Å². The van der Waals surface area contributed by atoms with E-state index in [2.05, 4.69) is 81.5 Å². The molecule has 5 rings (SSSR count). The van der Waals surface area contributed by atoms with E-state index in [0.717, 1.165) is 68.0 Å². The van der Waals surface area contributed by atoms with Crippen molar-refractivity contribution < 1.29 is 14.4 Å². The molecular formula is C37H43N5O3. The maximum Gasteiger partial charge on any atom is 0.221 e. The van der Waals surface area contributed by atoms with Gasteiger partial charge in [-0.3, -0.25) is 14.4 Å². The largest absolute Gasteiger partial charge is 0.360 e. The number of nitrogens with zero attached hydrogens (tertiary/aromatic N) is 2. The molecule has 8 nitrogen and oxygen atoms in total. The van der Waals surface area contributed by atoms with Crippen molar-refractivity contribution in [3.8, 4) is 0 Å². The Labute approximate surface area is 266 Å². The summed E-state index contributed by atoms with van der Waals surface area (Å²) in [7, 11) is 0. The molecule has 1 fully saturated rings. The number of dihydropyridines is 1. The first kappa shape index (κ1) is 31.7. The van der Waals surface area contributed by atoms with Crippen molar-refractivity contribution in [2.24, 2.45) is 0 Å². The second kappa shape index (κ2) is 14.4. The average Bonchev–Trinajstić information content (AvgIpc) is 3.06. The van der Waals surface area contributed by atoms with Crippen molar-refractivity contribution in [3.63, 3.8) is 0 Å². The van der Waals surface area contributed by atoms with Gasteiger partial charge in [-0.1, -0.05) is 72.8 Å². The van der Waals surface area contributed by atoms with E-state index in [1.807, 2.05) is 38.1 Å². The molecule has 0 aliphatic carbocycles. The molecule has 1 unspecified atom stereocenters. The van der Waals surface area contributed by atoms with Crippen LogP contribution in [-0.2, 0) is 19.8 Å². The lowest BCUT2D eigenvalue weighted by atomic mass is 9.68. The Hall–Kier alpha value is -4.69. The van der Waals surface area contributed by atoms with Crippen LogP contribution in [0.4, 0.5) is 5.69 Å². The third-order valence-electron chi connectivity index (χ3n) is 9.18. The van der Waals surface area contributed by atoms with Gasteiger partial charge in [-0.2, -0.15) is 0 Å². The highest BCUT2D eigenvalue weighted by Gasteiger charge is 2.38. The number of hydrogen-bond donors (Lipinski definition) is 3. The van der Waals surface area contributed by atoms with E-state index in [1.54, 1.807) is 4.90 Å². The monoisotopic (exact) mass is 605 g/mol. The Morgan fingerprint density at radius 1 is 0.911 bits per heavy atom. The molecule has 1 saturated heterocycles. The van der Waals surface area contributed by atoms with Crippen LogP contribution < -0.4 is 16.0 Å². The van der Waals surface area contributed by atoms with Gasteiger partial charge in [-0.15, -0.1) is 0 Å². The molecule has 2 aliphatic heterocycles. The number of allylic oxidation sites excluding steroid dienone is 2. The van der Waals surface area contributed by atoms with Crippen LogP contribution in [0.2, 0.25) is 0 Å². The Balaban J connectivity index is 1.29. The minimum Gasteiger partial charge on any atom is -0.360 e. The summed E-state index contributed by atoms with van der Waals surface area (Å²) in [4.78, 5) is 40.1. The van der Waals surface area contributed by atoms with E-state index in [-0.39, 0.29) is 17.2 Å². The minimum absolute atomic E-state index is 0.00156. The van der Waals surface area contributed by atoms with Gasteiger partial charge in [0, 0.05) is 36.0 Å². The second-order valence-corrected chi connectivity index (χ2v) is 12.0. The molecule has 0 spiro atoms. The van der Waals surface area contributed by atoms with Crippen LogP contribution in [0.5, 0.6) is 0 Å². The Bertz CT molecular complexity index is 1500. The van der Waals surface area contributed by atoms with Crippen molar-refractivity contribution in [1.29, 1.82) is 0 Å². The molecule has 3 amide bonds. The second-order valence-electron chi connectivity index (χ2n) is 12.0. The molecule has 2 aliphatic rings. The fourth-order valence-electron chi connectivity index (χ4n) is 7.02. The van der Waals surface area contributed by atoms with Crippen LogP contribution in [0, 0.1) is 0 Å². The maximum atomic E-state index is 12.6. The summed E-state index contributed by atoms with van der Waals surface area (Å²) in [5.41, 5.74) is 7.51. The first-order valence-corrected chi connectivity index (χ1v) is 15.7. The summed E-state index contributed by atoms with van der Waals surface area (Å²) < 4.78 is 0. The SMILES string of the molecule is CC(=O)Nc1ccc(C2C(NC=O)=C(C)NC(C)=C2N(C=O)CCCN2CCC(c3ccccc3)(c3ccccc3)CC2)cc1. The fourth-order valence-corrected chi connectivity index (χ4v) is 7.02. The number of rotatable bonds is 12. The molecule has 0 radical (unpaired) electrons. The van der Waals surface area contributed by atoms with E-state index in [1.165, 1.54) is 18.1 Å². The summed E-state index contributed by atoms with van der Waals surface area (Å²) in [6.07, 6.45) is 4.45. The number of carbonyl (C=O) groups is 3. The number of piperidine rings is 1. The number of amides is 3. The Morgan fingerprint density at radius 3 is 2.04 bits per heavy atom. The van der Waals surface area contributed by atoms with Crippen LogP contribution in [-0.4, -0.2) is 54.7 Å². The van der Waals surface area contributed by atoms with E-state index in [9.17, 15) is 14.4 Å². The molecule has 0 saturated carbocycles. The minimum atomic E-state index is -0.361. The zero-order chi connectivity index (χ0) is 31.8. The molecule has 0 bridgehead atoms. The van der Waals surface area contributed by atoms with Crippen molar-refractivity contribution in [3.05, 3.63) is 124 Å². The maximum absolute atomic E-state index is 12.6. The molecule has 3 aromatic carbocycles. The van der Waals surface area contributed by atoms with Crippen LogP contribution in [0.15, 0.2) is 108 Å². The predicted molar refractivity (Wildman–Crippen MR) is 178 cm³/mol. The highest BCUT2D eigenvalue weighted by atomic mass is 16.1. The summed E-state index contributed by atoms with van der Waals surface area (Å²) in [5, 5.41) is 9.05. The van der Waals surface area contributed by atoms with Crippen molar-refractivity contribution in [2.45, 2.75) is 51.4 Å². The molecule has 8 heteroatoms. The van der Waals surface area contributed by atoms with Crippen molar-refractivity contribution in [1.82, 2.24) is 20.4 Å². The van der Waals surface area contributed by atoms with Crippen LogP contribution in [0.3, 0.4) is 0 Å². The summed E-state index contributed by atoms with van der Waals surface area (Å²) in [6, 6.07) is 29.3. The number of likely N-dealkylation sites (tertiary alicyclic amines) is 1. The molecule has 3 N–H and O–H groups in total. The van der Waals surface area contributed by atoms with E-state index >= 15 is 0 Å². The standard InChI is InChI=1S/C37H43N5O3/c1-27-35(38-25-43)34(30-15-17-33(18-16-30)40-29(3)45)36(28(2)39-27)42(26-44)22-10-21-41-23-19-37(20-24-41,31-11-6-4-7-12-31)32-13-8-5-9-14-32/h4-9,11-18,25-26,34,39H,10,19-24H2,1-3H3,(H,38,43)(H,40,45). The van der Waals surface area contributed by atoms with Gasteiger partial charge in [0.15, 0.2) is 0 Å². The number of hydrogen-bond acceptors (Lipinski definition) is 5. The predicted octanol–water partition coefficient (Wildman–Crippen LogP) is 5.47. The van der Waals surface area contributed by atoms with Gasteiger partial charge in [0.2, 0.25) is 18.7 Å². The fraction of sp³-hybridized carbons (Fsp3) is 0.324. The van der Waals surface area contributed by atoms with Gasteiger partial charge in [-0.25, -0.2) is 0 Å². The average molecular weight is 606 g/mol. The molecule has 45 heavy (non-hydrogen) atoms. The van der Waals surface area contributed by atoms with E-state index in [4.69, 9.17) is 0 Å². The lowest BCUT2D eigenvalue weighted by Crippen LogP contribution is -2.44. The first-order chi connectivity index (χ1) is 21.9.